The Morgan fingerprint density at radius 3 is 2.65 bits per heavy atom. The molecule has 0 aliphatic heterocycles. The van der Waals surface area contributed by atoms with Crippen molar-refractivity contribution in [3.8, 4) is 5.75 Å². The first-order valence-electron chi connectivity index (χ1n) is 6.39. The molecule has 0 radical (unpaired) electrons. The molecule has 0 heterocycles. The molecule has 0 saturated heterocycles. The number of aryl methyl sites for hydroxylation is 2. The number of rotatable bonds is 3. The van der Waals surface area contributed by atoms with E-state index < -0.39 is 6.10 Å². The van der Waals surface area contributed by atoms with E-state index in [4.69, 9.17) is 4.74 Å². The molecule has 1 atom stereocenters. The van der Waals surface area contributed by atoms with Gasteiger partial charge in [-0.25, -0.2) is 0 Å². The Morgan fingerprint density at radius 1 is 1.24 bits per heavy atom. The lowest BCUT2D eigenvalue weighted by atomic mass is 9.90. The van der Waals surface area contributed by atoms with E-state index in [1.165, 1.54) is 24.0 Å². The summed E-state index contributed by atoms with van der Waals surface area (Å²) in [7, 11) is 0. The number of benzene rings is 1. The van der Waals surface area contributed by atoms with Gasteiger partial charge in [0.25, 0.3) is 0 Å². The minimum Gasteiger partial charge on any atom is -0.491 e. The van der Waals surface area contributed by atoms with Gasteiger partial charge in [0.15, 0.2) is 0 Å². The van der Waals surface area contributed by atoms with E-state index in [-0.39, 0.29) is 5.41 Å². The SMILES string of the molecule is CC(C)(C)C(O)COc1ccc2c(c1)CCC2. The Bertz CT molecular complexity index is 390. The van der Waals surface area contributed by atoms with Crippen molar-refractivity contribution < 1.29 is 9.84 Å². The highest BCUT2D eigenvalue weighted by molar-refractivity contribution is 5.38. The van der Waals surface area contributed by atoms with Gasteiger partial charge in [-0.1, -0.05) is 26.8 Å². The molecule has 0 spiro atoms. The molecule has 1 N–H and O–H groups in total. The van der Waals surface area contributed by atoms with Gasteiger partial charge < -0.3 is 9.84 Å². The Morgan fingerprint density at radius 2 is 1.94 bits per heavy atom. The first-order chi connectivity index (χ1) is 7.97. The van der Waals surface area contributed by atoms with Gasteiger partial charge in [-0.2, -0.15) is 0 Å². The Balaban J connectivity index is 1.96. The van der Waals surface area contributed by atoms with E-state index in [2.05, 4.69) is 12.1 Å². The topological polar surface area (TPSA) is 29.5 Å². The zero-order valence-electron chi connectivity index (χ0n) is 11.0. The standard InChI is InChI=1S/C15H22O2/c1-15(2,3)14(16)10-17-13-8-7-11-5-4-6-12(11)9-13/h7-9,14,16H,4-6,10H2,1-3H3. The van der Waals surface area contributed by atoms with Crippen LogP contribution in [0.2, 0.25) is 0 Å². The molecule has 0 bridgehead atoms. The van der Waals surface area contributed by atoms with Crippen LogP contribution >= 0.6 is 0 Å². The summed E-state index contributed by atoms with van der Waals surface area (Å²) in [6, 6.07) is 6.29. The molecule has 1 aromatic rings. The average molecular weight is 234 g/mol. The Hall–Kier alpha value is -1.02. The second-order valence-electron chi connectivity index (χ2n) is 5.98. The molecule has 94 valence electrons. The fourth-order valence-electron chi connectivity index (χ4n) is 2.06. The number of aliphatic hydroxyl groups excluding tert-OH is 1. The van der Waals surface area contributed by atoms with Crippen LogP contribution in [0.15, 0.2) is 18.2 Å². The second kappa shape index (κ2) is 4.69. The van der Waals surface area contributed by atoms with Crippen LogP contribution in [0, 0.1) is 5.41 Å². The van der Waals surface area contributed by atoms with Crippen LogP contribution in [0.4, 0.5) is 0 Å². The van der Waals surface area contributed by atoms with Gasteiger partial charge in [0.05, 0.1) is 6.10 Å². The lowest BCUT2D eigenvalue weighted by molar-refractivity contribution is 0.0218. The monoisotopic (exact) mass is 234 g/mol. The maximum absolute atomic E-state index is 9.92. The van der Waals surface area contributed by atoms with Crippen molar-refractivity contribution >= 4 is 0 Å². The molecule has 1 aliphatic carbocycles. The van der Waals surface area contributed by atoms with Gasteiger partial charge in [0.2, 0.25) is 0 Å². The van der Waals surface area contributed by atoms with Crippen molar-refractivity contribution in [3.05, 3.63) is 29.3 Å². The zero-order valence-corrected chi connectivity index (χ0v) is 11.0. The molecule has 2 heteroatoms. The molecule has 17 heavy (non-hydrogen) atoms. The lowest BCUT2D eigenvalue weighted by Gasteiger charge is -2.25. The predicted octanol–water partition coefficient (Wildman–Crippen LogP) is 2.96. The summed E-state index contributed by atoms with van der Waals surface area (Å²) in [5, 5.41) is 9.92. The van der Waals surface area contributed by atoms with Crippen LogP contribution in [-0.4, -0.2) is 17.8 Å². The smallest absolute Gasteiger partial charge is 0.119 e. The molecular weight excluding hydrogens is 212 g/mol. The quantitative estimate of drug-likeness (QED) is 0.871. The normalized spacial score (nSPS) is 16.7. The van der Waals surface area contributed by atoms with Crippen molar-refractivity contribution in [2.75, 3.05) is 6.61 Å². The Kier molecular flexibility index (Phi) is 3.43. The van der Waals surface area contributed by atoms with Crippen LogP contribution < -0.4 is 4.74 Å². The number of hydrogen-bond acceptors (Lipinski definition) is 2. The van der Waals surface area contributed by atoms with Crippen LogP contribution in [0.5, 0.6) is 5.75 Å². The van der Waals surface area contributed by atoms with Gasteiger partial charge in [0, 0.05) is 0 Å². The summed E-state index contributed by atoms with van der Waals surface area (Å²) in [6.45, 7) is 6.42. The molecule has 0 aromatic heterocycles. The molecular formula is C15H22O2. The lowest BCUT2D eigenvalue weighted by Crippen LogP contribution is -2.31. The van der Waals surface area contributed by atoms with Crippen LogP contribution in [0.3, 0.4) is 0 Å². The first-order valence-corrected chi connectivity index (χ1v) is 6.39. The van der Waals surface area contributed by atoms with Crippen molar-refractivity contribution in [3.63, 3.8) is 0 Å². The van der Waals surface area contributed by atoms with Gasteiger partial charge >= 0.3 is 0 Å². The fourth-order valence-corrected chi connectivity index (χ4v) is 2.06. The van der Waals surface area contributed by atoms with E-state index in [0.29, 0.717) is 6.61 Å². The molecule has 2 nitrogen and oxygen atoms in total. The van der Waals surface area contributed by atoms with Crippen molar-refractivity contribution in [2.45, 2.75) is 46.1 Å². The zero-order chi connectivity index (χ0) is 12.5. The van der Waals surface area contributed by atoms with E-state index in [0.717, 1.165) is 12.2 Å². The molecule has 0 amide bonds. The molecule has 0 fully saturated rings. The summed E-state index contributed by atoms with van der Waals surface area (Å²) < 4.78 is 5.67. The van der Waals surface area contributed by atoms with Crippen LogP contribution in [-0.2, 0) is 12.8 Å². The summed E-state index contributed by atoms with van der Waals surface area (Å²) in [5.41, 5.74) is 2.73. The molecule has 1 unspecified atom stereocenters. The summed E-state index contributed by atoms with van der Waals surface area (Å²) in [5.74, 6) is 0.883. The van der Waals surface area contributed by atoms with Crippen LogP contribution in [0.1, 0.15) is 38.3 Å². The Labute approximate surface area is 104 Å². The third-order valence-corrected chi connectivity index (χ3v) is 3.48. The summed E-state index contributed by atoms with van der Waals surface area (Å²) in [6.07, 6.45) is 3.17. The summed E-state index contributed by atoms with van der Waals surface area (Å²) in [4.78, 5) is 0. The van der Waals surface area contributed by atoms with Gasteiger partial charge in [-0.3, -0.25) is 0 Å². The minimum atomic E-state index is -0.434. The third kappa shape index (κ3) is 3.01. The largest absolute Gasteiger partial charge is 0.491 e. The van der Waals surface area contributed by atoms with Gasteiger partial charge in [0.1, 0.15) is 12.4 Å². The predicted molar refractivity (Wildman–Crippen MR) is 69.4 cm³/mol. The minimum absolute atomic E-state index is 0.128. The number of fused-ring (bicyclic) bond motifs is 1. The average Bonchev–Trinajstić information content (AvgIpc) is 2.71. The summed E-state index contributed by atoms with van der Waals surface area (Å²) >= 11 is 0. The maximum Gasteiger partial charge on any atom is 0.119 e. The number of ether oxygens (including phenoxy) is 1. The fraction of sp³-hybridized carbons (Fsp3) is 0.600. The van der Waals surface area contributed by atoms with E-state index >= 15 is 0 Å². The molecule has 1 aromatic carbocycles. The highest BCUT2D eigenvalue weighted by atomic mass is 16.5. The number of hydrogen-bond donors (Lipinski definition) is 1. The van der Waals surface area contributed by atoms with E-state index in [9.17, 15) is 5.11 Å². The number of aliphatic hydroxyl groups is 1. The first kappa shape index (κ1) is 12.4. The highest BCUT2D eigenvalue weighted by Gasteiger charge is 2.22. The maximum atomic E-state index is 9.92. The van der Waals surface area contributed by atoms with E-state index in [1.54, 1.807) is 0 Å². The van der Waals surface area contributed by atoms with Crippen molar-refractivity contribution in [1.29, 1.82) is 0 Å². The van der Waals surface area contributed by atoms with Crippen molar-refractivity contribution in [2.24, 2.45) is 5.41 Å². The third-order valence-electron chi connectivity index (χ3n) is 3.48. The highest BCUT2D eigenvalue weighted by Crippen LogP contribution is 2.27. The molecule has 2 rings (SSSR count). The van der Waals surface area contributed by atoms with Gasteiger partial charge in [-0.15, -0.1) is 0 Å². The molecule has 1 aliphatic rings. The van der Waals surface area contributed by atoms with Crippen LogP contribution in [0.25, 0.3) is 0 Å². The van der Waals surface area contributed by atoms with E-state index in [1.807, 2.05) is 26.8 Å². The van der Waals surface area contributed by atoms with Gasteiger partial charge in [-0.05, 0) is 47.9 Å². The molecule has 0 saturated carbocycles. The second-order valence-corrected chi connectivity index (χ2v) is 5.98. The van der Waals surface area contributed by atoms with Crippen molar-refractivity contribution in [1.82, 2.24) is 0 Å².